The Labute approximate surface area is 77.4 Å². The Balaban J connectivity index is 3.00. The van der Waals surface area contributed by atoms with Crippen LogP contribution in [0.1, 0.15) is 12.5 Å². The van der Waals surface area contributed by atoms with Crippen LogP contribution in [0.3, 0.4) is 0 Å². The molecule has 0 aliphatic carbocycles. The number of nitrogens with one attached hydrogen (secondary N) is 1. The number of benzene rings is 1. The molecule has 64 valence electrons. The van der Waals surface area contributed by atoms with Crippen LogP contribution in [0.2, 0.25) is 0 Å². The summed E-state index contributed by atoms with van der Waals surface area (Å²) in [6.45, 7) is 3.41. The maximum absolute atomic E-state index is 10.7. The van der Waals surface area contributed by atoms with Gasteiger partial charge in [-0.1, -0.05) is 6.07 Å². The van der Waals surface area contributed by atoms with Gasteiger partial charge in [-0.25, -0.2) is 0 Å². The van der Waals surface area contributed by atoms with Crippen LogP contribution >= 0.6 is 12.6 Å². The number of carbonyl (C=O) groups excluding carboxylic acids is 1. The van der Waals surface area contributed by atoms with Gasteiger partial charge < -0.3 is 5.32 Å². The predicted molar refractivity (Wildman–Crippen MR) is 52.7 cm³/mol. The molecule has 0 saturated heterocycles. The van der Waals surface area contributed by atoms with Crippen molar-refractivity contribution < 1.29 is 4.79 Å². The first-order valence-electron chi connectivity index (χ1n) is 3.67. The van der Waals surface area contributed by atoms with Crippen molar-refractivity contribution in [3.8, 4) is 0 Å². The molecular weight excluding hydrogens is 170 g/mol. The molecule has 0 fully saturated rings. The van der Waals surface area contributed by atoms with Crippen molar-refractivity contribution >= 4 is 24.2 Å². The van der Waals surface area contributed by atoms with Crippen LogP contribution in [0, 0.1) is 6.92 Å². The molecule has 0 atom stereocenters. The van der Waals surface area contributed by atoms with Gasteiger partial charge in [0, 0.05) is 17.5 Å². The van der Waals surface area contributed by atoms with Gasteiger partial charge >= 0.3 is 0 Å². The van der Waals surface area contributed by atoms with E-state index in [1.807, 2.05) is 25.1 Å². The van der Waals surface area contributed by atoms with Gasteiger partial charge in [-0.3, -0.25) is 4.79 Å². The topological polar surface area (TPSA) is 29.1 Å². The fourth-order valence-electron chi connectivity index (χ4n) is 0.949. The average Bonchev–Trinajstić information content (AvgIpc) is 1.98. The van der Waals surface area contributed by atoms with Gasteiger partial charge in [0.15, 0.2) is 0 Å². The molecule has 0 aromatic heterocycles. The Morgan fingerprint density at radius 3 is 2.75 bits per heavy atom. The van der Waals surface area contributed by atoms with E-state index in [1.165, 1.54) is 6.92 Å². The van der Waals surface area contributed by atoms with Crippen LogP contribution in [0.15, 0.2) is 23.1 Å². The van der Waals surface area contributed by atoms with E-state index in [0.717, 1.165) is 16.1 Å². The van der Waals surface area contributed by atoms with Crippen molar-refractivity contribution in [2.45, 2.75) is 18.7 Å². The Morgan fingerprint density at radius 1 is 1.50 bits per heavy atom. The summed E-state index contributed by atoms with van der Waals surface area (Å²) in [7, 11) is 0. The van der Waals surface area contributed by atoms with Crippen LogP contribution in [-0.2, 0) is 4.79 Å². The number of carbonyl (C=O) groups is 1. The molecule has 1 N–H and O–H groups in total. The van der Waals surface area contributed by atoms with E-state index in [4.69, 9.17) is 0 Å². The summed E-state index contributed by atoms with van der Waals surface area (Å²) in [6.07, 6.45) is 0. The minimum Gasteiger partial charge on any atom is -0.326 e. The third-order valence-corrected chi connectivity index (χ3v) is 2.10. The molecule has 0 heterocycles. The molecular formula is C9H11NOS. The molecule has 0 saturated carbocycles. The maximum Gasteiger partial charge on any atom is 0.221 e. The summed E-state index contributed by atoms with van der Waals surface area (Å²) in [5.74, 6) is -0.0583. The Morgan fingerprint density at radius 2 is 2.17 bits per heavy atom. The lowest BCUT2D eigenvalue weighted by molar-refractivity contribution is -0.114. The Hall–Kier alpha value is -0.960. The summed E-state index contributed by atoms with van der Waals surface area (Å²) in [5.41, 5.74) is 1.83. The molecule has 0 radical (unpaired) electrons. The van der Waals surface area contributed by atoms with Crippen LogP contribution in [0.5, 0.6) is 0 Å². The fraction of sp³-hybridized carbons (Fsp3) is 0.222. The van der Waals surface area contributed by atoms with Crippen molar-refractivity contribution in [2.75, 3.05) is 5.32 Å². The minimum absolute atomic E-state index is 0.0583. The molecule has 1 aromatic rings. The number of rotatable bonds is 1. The van der Waals surface area contributed by atoms with E-state index in [2.05, 4.69) is 17.9 Å². The van der Waals surface area contributed by atoms with Gasteiger partial charge in [0.2, 0.25) is 5.91 Å². The molecule has 0 aliphatic heterocycles. The van der Waals surface area contributed by atoms with E-state index in [9.17, 15) is 4.79 Å². The smallest absolute Gasteiger partial charge is 0.221 e. The van der Waals surface area contributed by atoms with Gasteiger partial charge in [0.1, 0.15) is 0 Å². The lowest BCUT2D eigenvalue weighted by atomic mass is 10.2. The first-order valence-corrected chi connectivity index (χ1v) is 4.12. The zero-order valence-electron chi connectivity index (χ0n) is 7.09. The molecule has 0 spiro atoms. The molecule has 2 nitrogen and oxygen atoms in total. The molecule has 0 unspecified atom stereocenters. The van der Waals surface area contributed by atoms with Crippen molar-refractivity contribution in [3.63, 3.8) is 0 Å². The third-order valence-electron chi connectivity index (χ3n) is 1.62. The monoisotopic (exact) mass is 181 g/mol. The SMILES string of the molecule is CC(=O)Nc1cccc(S)c1C. The predicted octanol–water partition coefficient (Wildman–Crippen LogP) is 2.24. The first kappa shape index (κ1) is 9.13. The molecule has 1 rings (SSSR count). The van der Waals surface area contributed by atoms with E-state index < -0.39 is 0 Å². The van der Waals surface area contributed by atoms with Gasteiger partial charge in [-0.2, -0.15) is 0 Å². The van der Waals surface area contributed by atoms with Crippen molar-refractivity contribution in [3.05, 3.63) is 23.8 Å². The highest BCUT2D eigenvalue weighted by molar-refractivity contribution is 7.80. The summed E-state index contributed by atoms with van der Waals surface area (Å²) in [4.78, 5) is 11.6. The van der Waals surface area contributed by atoms with E-state index in [0.29, 0.717) is 0 Å². The lowest BCUT2D eigenvalue weighted by Gasteiger charge is -2.07. The van der Waals surface area contributed by atoms with Gasteiger partial charge in [0.05, 0.1) is 0 Å². The molecule has 0 bridgehead atoms. The molecule has 1 aromatic carbocycles. The van der Waals surface area contributed by atoms with Crippen LogP contribution in [-0.4, -0.2) is 5.91 Å². The molecule has 0 aliphatic rings. The van der Waals surface area contributed by atoms with E-state index >= 15 is 0 Å². The maximum atomic E-state index is 10.7. The average molecular weight is 181 g/mol. The highest BCUT2D eigenvalue weighted by Crippen LogP contribution is 2.21. The number of amides is 1. The largest absolute Gasteiger partial charge is 0.326 e. The standard InChI is InChI=1S/C9H11NOS/c1-6-8(10-7(2)11)4-3-5-9(6)12/h3-5,12H,1-2H3,(H,10,11). The highest BCUT2D eigenvalue weighted by Gasteiger charge is 2.01. The van der Waals surface area contributed by atoms with Crippen LogP contribution in [0.25, 0.3) is 0 Å². The number of hydrogen-bond acceptors (Lipinski definition) is 2. The second-order valence-electron chi connectivity index (χ2n) is 2.63. The quantitative estimate of drug-likeness (QED) is 0.639. The minimum atomic E-state index is -0.0583. The van der Waals surface area contributed by atoms with Crippen LogP contribution in [0.4, 0.5) is 5.69 Å². The Bertz CT molecular complexity index is 309. The zero-order valence-corrected chi connectivity index (χ0v) is 7.98. The number of thiol groups is 1. The highest BCUT2D eigenvalue weighted by atomic mass is 32.1. The lowest BCUT2D eigenvalue weighted by Crippen LogP contribution is -2.07. The Kier molecular flexibility index (Phi) is 2.76. The molecule has 1 amide bonds. The third kappa shape index (κ3) is 2.01. The summed E-state index contributed by atoms with van der Waals surface area (Å²) in [6, 6.07) is 5.61. The number of hydrogen-bond donors (Lipinski definition) is 2. The number of anilines is 1. The van der Waals surface area contributed by atoms with E-state index in [1.54, 1.807) is 0 Å². The van der Waals surface area contributed by atoms with Crippen LogP contribution < -0.4 is 5.32 Å². The fourth-order valence-corrected chi connectivity index (χ4v) is 1.16. The van der Waals surface area contributed by atoms with Gasteiger partial charge in [0.25, 0.3) is 0 Å². The van der Waals surface area contributed by atoms with Crippen molar-refractivity contribution in [1.29, 1.82) is 0 Å². The second kappa shape index (κ2) is 3.63. The molecule has 3 heteroatoms. The van der Waals surface area contributed by atoms with E-state index in [-0.39, 0.29) is 5.91 Å². The first-order chi connectivity index (χ1) is 5.61. The van der Waals surface area contributed by atoms with Crippen molar-refractivity contribution in [1.82, 2.24) is 0 Å². The molecule has 12 heavy (non-hydrogen) atoms. The van der Waals surface area contributed by atoms with Gasteiger partial charge in [-0.15, -0.1) is 12.6 Å². The van der Waals surface area contributed by atoms with Gasteiger partial charge in [-0.05, 0) is 24.6 Å². The zero-order chi connectivity index (χ0) is 9.14. The summed E-state index contributed by atoms with van der Waals surface area (Å²) in [5, 5.41) is 2.73. The summed E-state index contributed by atoms with van der Waals surface area (Å²) >= 11 is 4.24. The summed E-state index contributed by atoms with van der Waals surface area (Å²) < 4.78 is 0. The second-order valence-corrected chi connectivity index (χ2v) is 3.11. The normalized spacial score (nSPS) is 9.58. The van der Waals surface area contributed by atoms with Crippen molar-refractivity contribution in [2.24, 2.45) is 0 Å².